The van der Waals surface area contributed by atoms with Gasteiger partial charge >= 0.3 is 5.97 Å². The summed E-state index contributed by atoms with van der Waals surface area (Å²) in [6.45, 7) is 0.326. The number of carboxylic acids is 1. The van der Waals surface area contributed by atoms with Gasteiger partial charge in [-0.15, -0.1) is 0 Å². The van der Waals surface area contributed by atoms with Crippen molar-refractivity contribution in [1.29, 1.82) is 0 Å². The number of rotatable bonds is 4. The number of aromatic nitrogens is 3. The molecule has 8 heteroatoms. The van der Waals surface area contributed by atoms with Gasteiger partial charge in [-0.25, -0.2) is 14.8 Å². The Kier molecular flexibility index (Phi) is 5.02. The number of carboxylic acid groups (broad SMARTS) is 1. The lowest BCUT2D eigenvalue weighted by atomic mass is 9.94. The van der Waals surface area contributed by atoms with Crippen molar-refractivity contribution in [3.63, 3.8) is 0 Å². The second-order valence-corrected chi connectivity index (χ2v) is 7.53. The number of pyridine rings is 1. The summed E-state index contributed by atoms with van der Waals surface area (Å²) in [4.78, 5) is 40.5. The summed E-state index contributed by atoms with van der Waals surface area (Å²) in [6, 6.07) is 2.73. The van der Waals surface area contributed by atoms with Gasteiger partial charge in [0.15, 0.2) is 6.04 Å². The molecule has 0 radical (unpaired) electrons. The van der Waals surface area contributed by atoms with Crippen LogP contribution in [0.4, 0.5) is 5.82 Å². The maximum absolute atomic E-state index is 13.4. The highest BCUT2D eigenvalue weighted by atomic mass is 16.4. The Morgan fingerprint density at radius 2 is 2.04 bits per heavy atom. The number of aromatic amines is 1. The minimum Gasteiger partial charge on any atom is -0.479 e. The number of aliphatic carboxylic acids is 1. The number of H-pyrrole nitrogens is 1. The van der Waals surface area contributed by atoms with Gasteiger partial charge in [-0.05, 0) is 25.0 Å². The molecule has 3 heterocycles. The van der Waals surface area contributed by atoms with Crippen LogP contribution in [0.3, 0.4) is 0 Å². The molecule has 4 rings (SSSR count). The quantitative estimate of drug-likeness (QED) is 0.840. The minimum absolute atomic E-state index is 0.313. The smallest absolute Gasteiger partial charge is 0.332 e. The number of anilines is 1. The van der Waals surface area contributed by atoms with Gasteiger partial charge in [0.25, 0.3) is 5.91 Å². The van der Waals surface area contributed by atoms with Crippen LogP contribution >= 0.6 is 0 Å². The van der Waals surface area contributed by atoms with Gasteiger partial charge in [0.2, 0.25) is 0 Å². The van der Waals surface area contributed by atoms with Crippen molar-refractivity contribution in [1.82, 2.24) is 19.9 Å². The van der Waals surface area contributed by atoms with E-state index in [0.29, 0.717) is 36.1 Å². The lowest BCUT2D eigenvalue weighted by Gasteiger charge is -2.35. The monoisotopic (exact) mass is 383 g/mol. The van der Waals surface area contributed by atoms with E-state index in [9.17, 15) is 14.7 Å². The molecule has 0 aromatic carbocycles. The predicted octanol–water partition coefficient (Wildman–Crippen LogP) is 2.40. The van der Waals surface area contributed by atoms with Crippen molar-refractivity contribution in [3.8, 4) is 0 Å². The van der Waals surface area contributed by atoms with Crippen LogP contribution in [0, 0.1) is 0 Å². The summed E-state index contributed by atoms with van der Waals surface area (Å²) in [7, 11) is 1.98. The highest BCUT2D eigenvalue weighted by molar-refractivity contribution is 6.01. The van der Waals surface area contributed by atoms with Crippen LogP contribution in [0.2, 0.25) is 0 Å². The molecule has 1 saturated carbocycles. The van der Waals surface area contributed by atoms with Crippen molar-refractivity contribution in [3.05, 3.63) is 41.6 Å². The van der Waals surface area contributed by atoms with Crippen LogP contribution < -0.4 is 4.90 Å². The number of nitrogens with one attached hydrogen (secondary N) is 1. The molecule has 8 nitrogen and oxygen atoms in total. The van der Waals surface area contributed by atoms with E-state index < -0.39 is 12.0 Å². The Balaban J connectivity index is 1.66. The molecule has 28 heavy (non-hydrogen) atoms. The van der Waals surface area contributed by atoms with Crippen LogP contribution in [0.15, 0.2) is 24.7 Å². The lowest BCUT2D eigenvalue weighted by Crippen LogP contribution is -2.44. The molecule has 2 aromatic rings. The highest BCUT2D eigenvalue weighted by Crippen LogP contribution is 2.32. The van der Waals surface area contributed by atoms with Crippen LogP contribution in [-0.2, 0) is 11.2 Å². The first-order valence-corrected chi connectivity index (χ1v) is 9.81. The molecule has 0 saturated heterocycles. The number of carbonyl (C=O) groups excluding carboxylic acids is 1. The van der Waals surface area contributed by atoms with E-state index in [1.54, 1.807) is 18.3 Å². The summed E-state index contributed by atoms with van der Waals surface area (Å²) < 4.78 is 0. The first-order chi connectivity index (χ1) is 13.6. The summed E-state index contributed by atoms with van der Waals surface area (Å²) in [5.41, 5.74) is 1.64. The second kappa shape index (κ2) is 7.61. The fourth-order valence-corrected chi connectivity index (χ4v) is 4.39. The van der Waals surface area contributed by atoms with Crippen LogP contribution in [0.1, 0.15) is 59.9 Å². The van der Waals surface area contributed by atoms with Crippen LogP contribution in [0.5, 0.6) is 0 Å². The van der Waals surface area contributed by atoms with Crippen LogP contribution in [0.25, 0.3) is 0 Å². The van der Waals surface area contributed by atoms with E-state index in [1.165, 1.54) is 30.5 Å². The van der Waals surface area contributed by atoms with Gasteiger partial charge in [0.1, 0.15) is 5.82 Å². The van der Waals surface area contributed by atoms with Crippen LogP contribution in [-0.4, -0.2) is 56.5 Å². The molecule has 2 aromatic heterocycles. The molecular weight excluding hydrogens is 358 g/mol. The van der Waals surface area contributed by atoms with Gasteiger partial charge in [0.05, 0.1) is 17.6 Å². The fourth-order valence-electron chi connectivity index (χ4n) is 4.39. The van der Waals surface area contributed by atoms with Crippen molar-refractivity contribution in [2.75, 3.05) is 18.5 Å². The molecule has 1 fully saturated rings. The van der Waals surface area contributed by atoms with E-state index in [0.717, 1.165) is 18.5 Å². The SMILES string of the molecule is CN(c1ncccc1C(=O)N1CCc2[nH]cnc2C1C(=O)O)C1CCCCC1. The Hall–Kier alpha value is -2.90. The van der Waals surface area contributed by atoms with Crippen molar-refractivity contribution >= 4 is 17.7 Å². The van der Waals surface area contributed by atoms with Gasteiger partial charge in [0, 0.05) is 37.9 Å². The summed E-state index contributed by atoms with van der Waals surface area (Å²) in [6.07, 6.45) is 9.50. The minimum atomic E-state index is -1.09. The molecule has 1 amide bonds. The van der Waals surface area contributed by atoms with Crippen molar-refractivity contribution in [2.45, 2.75) is 50.6 Å². The number of nitrogens with zero attached hydrogens (tertiary/aromatic N) is 4. The third-order valence-electron chi connectivity index (χ3n) is 5.89. The van der Waals surface area contributed by atoms with E-state index in [-0.39, 0.29) is 5.91 Å². The Morgan fingerprint density at radius 3 is 2.79 bits per heavy atom. The molecule has 1 atom stereocenters. The maximum atomic E-state index is 13.4. The molecular formula is C20H25N5O3. The lowest BCUT2D eigenvalue weighted by molar-refractivity contribution is -0.143. The summed E-state index contributed by atoms with van der Waals surface area (Å²) in [5, 5.41) is 9.78. The fraction of sp³-hybridized carbons (Fsp3) is 0.500. The van der Waals surface area contributed by atoms with E-state index in [1.807, 2.05) is 7.05 Å². The topological polar surface area (TPSA) is 102 Å². The van der Waals surface area contributed by atoms with Crippen molar-refractivity contribution < 1.29 is 14.7 Å². The average Bonchev–Trinajstić information content (AvgIpc) is 3.21. The predicted molar refractivity (Wildman–Crippen MR) is 103 cm³/mol. The molecule has 148 valence electrons. The van der Waals surface area contributed by atoms with Crippen molar-refractivity contribution in [2.24, 2.45) is 0 Å². The number of fused-ring (bicyclic) bond motifs is 1. The van der Waals surface area contributed by atoms with Gasteiger partial charge in [-0.2, -0.15) is 0 Å². The molecule has 0 bridgehead atoms. The molecule has 2 aliphatic rings. The van der Waals surface area contributed by atoms with Gasteiger partial charge < -0.3 is 19.9 Å². The molecule has 2 N–H and O–H groups in total. The molecule has 1 aliphatic carbocycles. The largest absolute Gasteiger partial charge is 0.479 e. The van der Waals surface area contributed by atoms with Gasteiger partial charge in [-0.3, -0.25) is 4.79 Å². The number of hydrogen-bond acceptors (Lipinski definition) is 5. The zero-order chi connectivity index (χ0) is 19.7. The number of carbonyl (C=O) groups is 2. The Labute approximate surface area is 163 Å². The number of amides is 1. The first kappa shape index (κ1) is 18.5. The zero-order valence-electron chi connectivity index (χ0n) is 16.0. The second-order valence-electron chi connectivity index (χ2n) is 7.53. The molecule has 1 unspecified atom stereocenters. The number of hydrogen-bond donors (Lipinski definition) is 2. The Morgan fingerprint density at radius 1 is 1.25 bits per heavy atom. The maximum Gasteiger partial charge on any atom is 0.332 e. The zero-order valence-corrected chi connectivity index (χ0v) is 16.0. The van der Waals surface area contributed by atoms with E-state index >= 15 is 0 Å². The third kappa shape index (κ3) is 3.23. The first-order valence-electron chi connectivity index (χ1n) is 9.81. The van der Waals surface area contributed by atoms with Gasteiger partial charge in [-0.1, -0.05) is 19.3 Å². The molecule has 0 spiro atoms. The standard InChI is InChI=1S/C20H25N5O3/c1-24(13-6-3-2-4-7-13)18-14(8-5-10-21-18)19(26)25-11-9-15-16(23-12-22-15)17(25)20(27)28/h5,8,10,12-13,17H,2-4,6-7,9,11H2,1H3,(H,22,23)(H,27,28). The highest BCUT2D eigenvalue weighted by Gasteiger charge is 2.39. The van der Waals surface area contributed by atoms with E-state index in [2.05, 4.69) is 19.9 Å². The van der Waals surface area contributed by atoms with E-state index in [4.69, 9.17) is 0 Å². The average molecular weight is 383 g/mol. The summed E-state index contributed by atoms with van der Waals surface area (Å²) >= 11 is 0. The molecule has 1 aliphatic heterocycles. The summed E-state index contributed by atoms with van der Waals surface area (Å²) in [5.74, 6) is -0.768. The number of imidazole rings is 1. The Bertz CT molecular complexity index is 874. The normalized spacial score (nSPS) is 19.9. The third-order valence-corrected chi connectivity index (χ3v) is 5.89.